The van der Waals surface area contributed by atoms with Crippen molar-refractivity contribution in [3.63, 3.8) is 0 Å². The first kappa shape index (κ1) is 14.4. The zero-order valence-corrected chi connectivity index (χ0v) is 12.4. The minimum atomic E-state index is 0.600. The van der Waals surface area contributed by atoms with Gasteiger partial charge in [0.15, 0.2) is 0 Å². The number of ether oxygens (including phenoxy) is 1. The molecule has 0 heterocycles. The minimum absolute atomic E-state index is 0.600. The van der Waals surface area contributed by atoms with Crippen LogP contribution in [0.1, 0.15) is 50.7 Å². The van der Waals surface area contributed by atoms with Crippen molar-refractivity contribution in [1.82, 2.24) is 5.32 Å². The fraction of sp³-hybridized carbons (Fsp3) is 0.647. The number of benzene rings is 1. The van der Waals surface area contributed by atoms with Gasteiger partial charge in [-0.25, -0.2) is 0 Å². The summed E-state index contributed by atoms with van der Waals surface area (Å²) in [7, 11) is 0. The maximum Gasteiger partial charge on any atom is 0.119 e. The Balaban J connectivity index is 1.58. The largest absolute Gasteiger partial charge is 0.494 e. The van der Waals surface area contributed by atoms with Crippen LogP contribution in [0.3, 0.4) is 0 Å². The Morgan fingerprint density at radius 2 is 1.95 bits per heavy atom. The lowest BCUT2D eigenvalue weighted by molar-refractivity contribution is 0.304. The highest BCUT2D eigenvalue weighted by molar-refractivity contribution is 5.38. The van der Waals surface area contributed by atoms with Crippen LogP contribution in [0, 0.1) is 0 Å². The molecule has 0 spiro atoms. The van der Waals surface area contributed by atoms with Gasteiger partial charge in [0.05, 0.1) is 6.61 Å². The van der Waals surface area contributed by atoms with Crippen LogP contribution in [0.25, 0.3) is 0 Å². The van der Waals surface area contributed by atoms with Crippen molar-refractivity contribution in [2.75, 3.05) is 13.2 Å². The van der Waals surface area contributed by atoms with E-state index in [4.69, 9.17) is 4.74 Å². The van der Waals surface area contributed by atoms with E-state index in [-0.39, 0.29) is 0 Å². The molecule has 1 aliphatic rings. The number of rotatable bonds is 8. The molecule has 1 aromatic rings. The quantitative estimate of drug-likeness (QED) is 0.720. The first-order chi connectivity index (χ1) is 9.25. The molecular formula is C17H27NO. The van der Waals surface area contributed by atoms with Gasteiger partial charge in [-0.3, -0.25) is 0 Å². The number of nitrogens with one attached hydrogen (secondary N) is 1. The molecule has 106 valence electrons. The van der Waals surface area contributed by atoms with Gasteiger partial charge in [0, 0.05) is 6.04 Å². The van der Waals surface area contributed by atoms with E-state index >= 15 is 0 Å². The lowest BCUT2D eigenvalue weighted by atomic mass is 10.1. The maximum atomic E-state index is 5.84. The van der Waals surface area contributed by atoms with Crippen LogP contribution in [0.2, 0.25) is 0 Å². The van der Waals surface area contributed by atoms with Gasteiger partial charge in [0.25, 0.3) is 0 Å². The van der Waals surface area contributed by atoms with Crippen molar-refractivity contribution in [3.05, 3.63) is 29.3 Å². The van der Waals surface area contributed by atoms with E-state index in [9.17, 15) is 0 Å². The molecule has 0 radical (unpaired) electrons. The molecule has 2 nitrogen and oxygen atoms in total. The zero-order chi connectivity index (χ0) is 13.5. The minimum Gasteiger partial charge on any atom is -0.494 e. The maximum absolute atomic E-state index is 5.84. The second kappa shape index (κ2) is 7.54. The Hall–Kier alpha value is -1.02. The fourth-order valence-electron chi connectivity index (χ4n) is 2.62. The predicted molar refractivity (Wildman–Crippen MR) is 81.0 cm³/mol. The smallest absolute Gasteiger partial charge is 0.119 e. The van der Waals surface area contributed by atoms with Gasteiger partial charge < -0.3 is 10.1 Å². The molecule has 0 fully saturated rings. The molecule has 0 bridgehead atoms. The summed E-state index contributed by atoms with van der Waals surface area (Å²) in [4.78, 5) is 0. The predicted octanol–water partition coefficient (Wildman–Crippen LogP) is 3.72. The second-order valence-corrected chi connectivity index (χ2v) is 5.80. The fourth-order valence-corrected chi connectivity index (χ4v) is 2.62. The molecule has 19 heavy (non-hydrogen) atoms. The summed E-state index contributed by atoms with van der Waals surface area (Å²) in [5.74, 6) is 1.06. The van der Waals surface area contributed by atoms with E-state index in [0.29, 0.717) is 6.04 Å². The van der Waals surface area contributed by atoms with E-state index in [1.807, 2.05) is 0 Å². The summed E-state index contributed by atoms with van der Waals surface area (Å²) < 4.78 is 5.84. The number of hydrogen-bond acceptors (Lipinski definition) is 2. The highest BCUT2D eigenvalue weighted by atomic mass is 16.5. The van der Waals surface area contributed by atoms with E-state index in [1.165, 1.54) is 43.2 Å². The van der Waals surface area contributed by atoms with Crippen molar-refractivity contribution in [3.8, 4) is 5.75 Å². The Morgan fingerprint density at radius 3 is 2.79 bits per heavy atom. The van der Waals surface area contributed by atoms with Crippen molar-refractivity contribution in [2.24, 2.45) is 0 Å². The zero-order valence-electron chi connectivity index (χ0n) is 12.4. The highest BCUT2D eigenvalue weighted by Gasteiger charge is 2.10. The summed E-state index contributed by atoms with van der Waals surface area (Å²) >= 11 is 0. The normalized spacial score (nSPS) is 13.8. The average Bonchev–Trinajstić information content (AvgIpc) is 2.84. The molecule has 0 atom stereocenters. The molecule has 0 saturated heterocycles. The molecular weight excluding hydrogens is 234 g/mol. The van der Waals surface area contributed by atoms with Crippen LogP contribution < -0.4 is 10.1 Å². The Bertz CT molecular complexity index is 387. The molecule has 1 aromatic carbocycles. The Kier molecular flexibility index (Phi) is 5.71. The van der Waals surface area contributed by atoms with E-state index in [2.05, 4.69) is 37.4 Å². The standard InChI is InChI=1S/C17H27NO/c1-14(2)18-11-4-3-5-12-19-17-10-9-15-7-6-8-16(15)13-17/h9-10,13-14,18H,3-8,11-12H2,1-2H3. The van der Waals surface area contributed by atoms with Crippen LogP contribution in [0.5, 0.6) is 5.75 Å². The first-order valence-corrected chi connectivity index (χ1v) is 7.73. The number of unbranched alkanes of at least 4 members (excludes halogenated alkanes) is 2. The topological polar surface area (TPSA) is 21.3 Å². The molecule has 2 rings (SSSR count). The van der Waals surface area contributed by atoms with Gasteiger partial charge in [-0.15, -0.1) is 0 Å². The van der Waals surface area contributed by atoms with E-state index in [0.717, 1.165) is 25.3 Å². The summed E-state index contributed by atoms with van der Waals surface area (Å²) in [5.41, 5.74) is 3.02. The lowest BCUT2D eigenvalue weighted by Gasteiger charge is -2.09. The van der Waals surface area contributed by atoms with Gasteiger partial charge in [-0.1, -0.05) is 19.9 Å². The van der Waals surface area contributed by atoms with Crippen LogP contribution >= 0.6 is 0 Å². The molecule has 1 N–H and O–H groups in total. The Labute approximate surface area is 117 Å². The molecule has 0 amide bonds. The monoisotopic (exact) mass is 261 g/mol. The second-order valence-electron chi connectivity index (χ2n) is 5.80. The van der Waals surface area contributed by atoms with Crippen molar-refractivity contribution in [2.45, 2.75) is 58.4 Å². The van der Waals surface area contributed by atoms with Gasteiger partial charge >= 0.3 is 0 Å². The molecule has 2 heteroatoms. The average molecular weight is 261 g/mol. The molecule has 0 saturated carbocycles. The van der Waals surface area contributed by atoms with E-state index in [1.54, 1.807) is 0 Å². The van der Waals surface area contributed by atoms with Gasteiger partial charge in [0.2, 0.25) is 0 Å². The Morgan fingerprint density at radius 1 is 1.11 bits per heavy atom. The molecule has 0 aliphatic heterocycles. The van der Waals surface area contributed by atoms with Crippen LogP contribution in [0.4, 0.5) is 0 Å². The van der Waals surface area contributed by atoms with Crippen molar-refractivity contribution < 1.29 is 4.74 Å². The molecule has 0 aromatic heterocycles. The third-order valence-electron chi connectivity index (χ3n) is 3.71. The first-order valence-electron chi connectivity index (χ1n) is 7.73. The number of fused-ring (bicyclic) bond motifs is 1. The van der Waals surface area contributed by atoms with Gasteiger partial charge in [0.1, 0.15) is 5.75 Å². The van der Waals surface area contributed by atoms with Crippen LogP contribution in [-0.2, 0) is 12.8 Å². The van der Waals surface area contributed by atoms with Crippen molar-refractivity contribution >= 4 is 0 Å². The van der Waals surface area contributed by atoms with Crippen LogP contribution in [0.15, 0.2) is 18.2 Å². The summed E-state index contributed by atoms with van der Waals surface area (Å²) in [6.45, 7) is 6.35. The number of aryl methyl sites for hydroxylation is 2. The molecule has 1 aliphatic carbocycles. The third-order valence-corrected chi connectivity index (χ3v) is 3.71. The summed E-state index contributed by atoms with van der Waals surface area (Å²) in [6, 6.07) is 7.21. The SMILES string of the molecule is CC(C)NCCCCCOc1ccc2c(c1)CCC2. The van der Waals surface area contributed by atoms with Gasteiger partial charge in [-0.05, 0) is 68.3 Å². The van der Waals surface area contributed by atoms with E-state index < -0.39 is 0 Å². The number of hydrogen-bond donors (Lipinski definition) is 1. The van der Waals surface area contributed by atoms with Crippen molar-refractivity contribution in [1.29, 1.82) is 0 Å². The summed E-state index contributed by atoms with van der Waals surface area (Å²) in [6.07, 6.45) is 7.42. The lowest BCUT2D eigenvalue weighted by Crippen LogP contribution is -2.23. The highest BCUT2D eigenvalue weighted by Crippen LogP contribution is 2.26. The molecule has 0 unspecified atom stereocenters. The third kappa shape index (κ3) is 4.87. The van der Waals surface area contributed by atoms with Gasteiger partial charge in [-0.2, -0.15) is 0 Å². The summed E-state index contributed by atoms with van der Waals surface area (Å²) in [5, 5.41) is 3.44. The van der Waals surface area contributed by atoms with Crippen LogP contribution in [-0.4, -0.2) is 19.2 Å².